The van der Waals surface area contributed by atoms with Crippen LogP contribution >= 0.6 is 0 Å². The van der Waals surface area contributed by atoms with Crippen molar-refractivity contribution < 1.29 is 14.3 Å². The summed E-state index contributed by atoms with van der Waals surface area (Å²) in [5.41, 5.74) is 3.56. The number of pyridine rings is 1. The van der Waals surface area contributed by atoms with Gasteiger partial charge in [0.1, 0.15) is 17.3 Å². The summed E-state index contributed by atoms with van der Waals surface area (Å²) in [6.45, 7) is 14.3. The van der Waals surface area contributed by atoms with Gasteiger partial charge < -0.3 is 19.9 Å². The highest BCUT2D eigenvalue weighted by molar-refractivity contribution is 5.93. The second kappa shape index (κ2) is 11.6. The number of nitrogens with zero attached hydrogens (tertiary/aromatic N) is 7. The highest BCUT2D eigenvalue weighted by atomic mass is 16.5. The van der Waals surface area contributed by atoms with Crippen LogP contribution in [0.1, 0.15) is 77.1 Å². The van der Waals surface area contributed by atoms with E-state index in [0.29, 0.717) is 48.9 Å². The Labute approximate surface area is 236 Å². The summed E-state index contributed by atoms with van der Waals surface area (Å²) in [6, 6.07) is 3.91. The summed E-state index contributed by atoms with van der Waals surface area (Å²) in [5.74, 6) is 1.04. The zero-order valence-corrected chi connectivity index (χ0v) is 24.8. The monoisotopic (exact) mass is 548 g/mol. The van der Waals surface area contributed by atoms with Gasteiger partial charge in [-0.25, -0.2) is 19.7 Å². The Morgan fingerprint density at radius 3 is 2.52 bits per heavy atom. The number of hydrogen-bond donors (Lipinski definition) is 1. The molecule has 1 aliphatic heterocycles. The standard InChI is InChI=1S/C29H40N8O3/c1-18(2)25-26(30-11-9-21-10-12-35(7)34-21)31-16-22(33-25)27(38)37-14-13-36(17-29(37,5)6)23-15-19(3)24(20(4)32-23)28(39)40-8/h10,12,15-16,18H,9,11,13-14,17H2,1-8H3,(H,30,31). The predicted molar refractivity (Wildman–Crippen MR) is 154 cm³/mol. The van der Waals surface area contributed by atoms with E-state index in [1.807, 2.05) is 71.8 Å². The second-order valence-corrected chi connectivity index (χ2v) is 11.2. The topological polar surface area (TPSA) is 118 Å². The second-order valence-electron chi connectivity index (χ2n) is 11.2. The predicted octanol–water partition coefficient (Wildman–Crippen LogP) is 3.53. The van der Waals surface area contributed by atoms with Gasteiger partial charge in [-0.3, -0.25) is 9.48 Å². The van der Waals surface area contributed by atoms with E-state index in [1.54, 1.807) is 10.9 Å². The van der Waals surface area contributed by atoms with Crippen LogP contribution in [0, 0.1) is 13.8 Å². The smallest absolute Gasteiger partial charge is 0.339 e. The number of anilines is 2. The lowest BCUT2D eigenvalue weighted by Gasteiger charge is -2.47. The number of amides is 1. The van der Waals surface area contributed by atoms with Gasteiger partial charge in [-0.15, -0.1) is 0 Å². The molecule has 1 amide bonds. The van der Waals surface area contributed by atoms with Gasteiger partial charge in [0.05, 0.1) is 41.5 Å². The molecule has 4 heterocycles. The van der Waals surface area contributed by atoms with Crippen LogP contribution in [0.25, 0.3) is 0 Å². The number of carbonyl (C=O) groups excluding carboxylic acids is 2. The van der Waals surface area contributed by atoms with Crippen LogP contribution in [0.15, 0.2) is 24.5 Å². The molecule has 0 spiro atoms. The first-order valence-corrected chi connectivity index (χ1v) is 13.6. The van der Waals surface area contributed by atoms with E-state index in [4.69, 9.17) is 14.7 Å². The molecule has 3 aromatic rings. The first-order chi connectivity index (χ1) is 18.9. The van der Waals surface area contributed by atoms with Crippen molar-refractivity contribution in [1.82, 2.24) is 29.6 Å². The molecule has 0 unspecified atom stereocenters. The van der Waals surface area contributed by atoms with Gasteiger partial charge >= 0.3 is 5.97 Å². The maximum Gasteiger partial charge on any atom is 0.339 e. The fourth-order valence-corrected chi connectivity index (χ4v) is 5.20. The van der Waals surface area contributed by atoms with E-state index in [1.165, 1.54) is 7.11 Å². The van der Waals surface area contributed by atoms with Crippen LogP contribution in [0.2, 0.25) is 0 Å². The van der Waals surface area contributed by atoms with Crippen LogP contribution in [-0.4, -0.2) is 80.3 Å². The molecule has 11 nitrogen and oxygen atoms in total. The molecule has 3 aromatic heterocycles. The van der Waals surface area contributed by atoms with Gasteiger partial charge in [0, 0.05) is 45.8 Å². The Kier molecular flexibility index (Phi) is 8.41. The molecule has 1 saturated heterocycles. The van der Waals surface area contributed by atoms with Crippen molar-refractivity contribution in [2.24, 2.45) is 7.05 Å². The number of esters is 1. The van der Waals surface area contributed by atoms with E-state index < -0.39 is 5.54 Å². The zero-order chi connectivity index (χ0) is 29.2. The van der Waals surface area contributed by atoms with Crippen LogP contribution in [-0.2, 0) is 18.2 Å². The molecule has 1 aliphatic rings. The van der Waals surface area contributed by atoms with Crippen molar-refractivity contribution in [3.8, 4) is 0 Å². The third kappa shape index (κ3) is 6.08. The Morgan fingerprint density at radius 2 is 1.93 bits per heavy atom. The van der Waals surface area contributed by atoms with E-state index in [9.17, 15) is 9.59 Å². The number of aryl methyl sites for hydroxylation is 3. The molecule has 214 valence electrons. The molecular formula is C29H40N8O3. The largest absolute Gasteiger partial charge is 0.465 e. The van der Waals surface area contributed by atoms with E-state index in [0.717, 1.165) is 29.2 Å². The summed E-state index contributed by atoms with van der Waals surface area (Å²) in [6.07, 6.45) is 4.26. The average molecular weight is 549 g/mol. The molecular weight excluding hydrogens is 508 g/mol. The Balaban J connectivity index is 1.48. The zero-order valence-electron chi connectivity index (χ0n) is 24.8. The number of nitrogens with one attached hydrogen (secondary N) is 1. The van der Waals surface area contributed by atoms with E-state index in [-0.39, 0.29) is 17.8 Å². The normalized spacial score (nSPS) is 14.9. The first-order valence-electron chi connectivity index (χ1n) is 13.6. The van der Waals surface area contributed by atoms with E-state index in [2.05, 4.69) is 20.3 Å². The van der Waals surface area contributed by atoms with Gasteiger partial charge in [-0.1, -0.05) is 13.8 Å². The van der Waals surface area contributed by atoms with Crippen LogP contribution in [0.3, 0.4) is 0 Å². The molecule has 40 heavy (non-hydrogen) atoms. The third-order valence-electron chi connectivity index (χ3n) is 7.25. The lowest BCUT2D eigenvalue weighted by atomic mass is 9.97. The summed E-state index contributed by atoms with van der Waals surface area (Å²) in [7, 11) is 3.27. The molecule has 1 fully saturated rings. The summed E-state index contributed by atoms with van der Waals surface area (Å²) in [5, 5.41) is 7.79. The molecule has 11 heteroatoms. The number of carbonyl (C=O) groups is 2. The number of ether oxygens (including phenoxy) is 1. The van der Waals surface area contributed by atoms with E-state index >= 15 is 0 Å². The highest BCUT2D eigenvalue weighted by Gasteiger charge is 2.38. The minimum Gasteiger partial charge on any atom is -0.465 e. The number of hydrogen-bond acceptors (Lipinski definition) is 9. The lowest BCUT2D eigenvalue weighted by molar-refractivity contribution is 0.0505. The minimum absolute atomic E-state index is 0.0907. The molecule has 0 bridgehead atoms. The molecule has 0 atom stereocenters. The Hall–Kier alpha value is -4.02. The molecule has 1 N–H and O–H groups in total. The molecule has 4 rings (SSSR count). The Morgan fingerprint density at radius 1 is 1.18 bits per heavy atom. The number of rotatable bonds is 8. The highest BCUT2D eigenvalue weighted by Crippen LogP contribution is 2.29. The van der Waals surface area contributed by atoms with Crippen LogP contribution < -0.4 is 10.2 Å². The first kappa shape index (κ1) is 29.0. The van der Waals surface area contributed by atoms with Crippen molar-refractivity contribution in [3.05, 3.63) is 58.4 Å². The van der Waals surface area contributed by atoms with Gasteiger partial charge in [-0.2, -0.15) is 5.10 Å². The fraction of sp³-hybridized carbons (Fsp3) is 0.517. The molecule has 0 radical (unpaired) electrons. The quantitative estimate of drug-likeness (QED) is 0.422. The summed E-state index contributed by atoms with van der Waals surface area (Å²) >= 11 is 0. The SMILES string of the molecule is COC(=O)c1c(C)cc(N2CCN(C(=O)c3cnc(NCCc4ccn(C)n4)c(C(C)C)n3)C(C)(C)C2)nc1C. The van der Waals surface area contributed by atoms with Crippen LogP contribution in [0.5, 0.6) is 0 Å². The molecule has 0 aromatic carbocycles. The van der Waals surface area contributed by atoms with Gasteiger partial charge in [0.25, 0.3) is 5.91 Å². The summed E-state index contributed by atoms with van der Waals surface area (Å²) in [4.78, 5) is 44.0. The average Bonchev–Trinajstić information content (AvgIpc) is 3.31. The maximum absolute atomic E-state index is 13.7. The van der Waals surface area contributed by atoms with Crippen molar-refractivity contribution in [2.45, 2.75) is 59.4 Å². The van der Waals surface area contributed by atoms with Crippen LogP contribution in [0.4, 0.5) is 11.6 Å². The number of methoxy groups -OCH3 is 1. The van der Waals surface area contributed by atoms with Crippen molar-refractivity contribution in [3.63, 3.8) is 0 Å². The maximum atomic E-state index is 13.7. The van der Waals surface area contributed by atoms with Gasteiger partial charge in [0.15, 0.2) is 0 Å². The molecule has 0 aliphatic carbocycles. The Bertz CT molecular complexity index is 1370. The van der Waals surface area contributed by atoms with Gasteiger partial charge in [-0.05, 0) is 51.3 Å². The molecule has 0 saturated carbocycles. The lowest BCUT2D eigenvalue weighted by Crippen LogP contribution is -2.61. The fourth-order valence-electron chi connectivity index (χ4n) is 5.20. The number of aromatic nitrogens is 5. The van der Waals surface area contributed by atoms with Crippen molar-refractivity contribution >= 4 is 23.5 Å². The summed E-state index contributed by atoms with van der Waals surface area (Å²) < 4.78 is 6.70. The third-order valence-corrected chi connectivity index (χ3v) is 7.25. The number of piperazine rings is 1. The minimum atomic E-state index is -0.487. The van der Waals surface area contributed by atoms with Crippen molar-refractivity contribution in [1.29, 1.82) is 0 Å². The van der Waals surface area contributed by atoms with Gasteiger partial charge in [0.2, 0.25) is 0 Å². The van der Waals surface area contributed by atoms with Crippen molar-refractivity contribution in [2.75, 3.05) is 43.5 Å².